The van der Waals surface area contributed by atoms with Gasteiger partial charge in [-0.25, -0.2) is 9.50 Å². The molecule has 2 aromatic rings. The van der Waals surface area contributed by atoms with Gasteiger partial charge in [0.15, 0.2) is 5.82 Å². The molecule has 4 N–H and O–H groups in total. The van der Waals surface area contributed by atoms with Crippen molar-refractivity contribution in [1.82, 2.24) is 14.6 Å². The molecule has 0 aliphatic carbocycles. The molecule has 2 rings (SSSR count). The highest BCUT2D eigenvalue weighted by Crippen LogP contribution is 2.24. The van der Waals surface area contributed by atoms with Crippen LogP contribution in [-0.4, -0.2) is 20.5 Å². The van der Waals surface area contributed by atoms with Crippen molar-refractivity contribution in [1.29, 1.82) is 0 Å². The zero-order valence-electron chi connectivity index (χ0n) is 6.94. The first-order valence-electron chi connectivity index (χ1n) is 3.69. The van der Waals surface area contributed by atoms with Crippen LogP contribution in [0, 0.1) is 0 Å². The second-order valence-electron chi connectivity index (χ2n) is 2.65. The lowest BCUT2D eigenvalue weighted by Gasteiger charge is -1.98. The van der Waals surface area contributed by atoms with E-state index in [0.717, 1.165) is 0 Å². The summed E-state index contributed by atoms with van der Waals surface area (Å²) in [5.41, 5.74) is 11.6. The van der Waals surface area contributed by atoms with Crippen LogP contribution in [0.15, 0.2) is 16.9 Å². The Morgan fingerprint density at radius 2 is 2.29 bits per heavy atom. The van der Waals surface area contributed by atoms with Crippen LogP contribution in [0.1, 0.15) is 10.5 Å². The van der Waals surface area contributed by atoms with Crippen molar-refractivity contribution in [2.24, 2.45) is 5.73 Å². The Bertz CT molecular complexity index is 520. The van der Waals surface area contributed by atoms with Gasteiger partial charge >= 0.3 is 0 Å². The summed E-state index contributed by atoms with van der Waals surface area (Å²) in [6, 6.07) is 1.56. The summed E-state index contributed by atoms with van der Waals surface area (Å²) >= 11 is 3.25. The molecular formula is C7H6BrN5O. The van der Waals surface area contributed by atoms with Gasteiger partial charge in [0, 0.05) is 4.47 Å². The highest BCUT2D eigenvalue weighted by molar-refractivity contribution is 9.10. The largest absolute Gasteiger partial charge is 0.382 e. The number of nitrogen functional groups attached to an aromatic ring is 1. The number of amides is 1. The number of halogens is 1. The monoisotopic (exact) mass is 255 g/mol. The minimum Gasteiger partial charge on any atom is -0.382 e. The van der Waals surface area contributed by atoms with E-state index in [1.165, 1.54) is 10.8 Å². The third-order valence-electron chi connectivity index (χ3n) is 1.79. The van der Waals surface area contributed by atoms with Gasteiger partial charge in [0.05, 0.1) is 0 Å². The second kappa shape index (κ2) is 2.95. The van der Waals surface area contributed by atoms with Gasteiger partial charge in [-0.05, 0) is 22.0 Å². The Kier molecular flexibility index (Phi) is 1.88. The minimum atomic E-state index is -0.566. The van der Waals surface area contributed by atoms with Gasteiger partial charge in [-0.15, -0.1) is 0 Å². The Morgan fingerprint density at radius 1 is 1.57 bits per heavy atom. The average molecular weight is 256 g/mol. The van der Waals surface area contributed by atoms with Gasteiger partial charge in [0.2, 0.25) is 0 Å². The topological polar surface area (TPSA) is 99.3 Å². The maximum absolute atomic E-state index is 11.0. The van der Waals surface area contributed by atoms with E-state index in [2.05, 4.69) is 26.0 Å². The smallest absolute Gasteiger partial charge is 0.267 e. The number of carbonyl (C=O) groups excluding carboxylic acids is 1. The number of hydrogen-bond donors (Lipinski definition) is 2. The summed E-state index contributed by atoms with van der Waals surface area (Å²) in [6.07, 6.45) is 1.27. The third-order valence-corrected chi connectivity index (χ3v) is 2.39. The Labute approximate surface area is 87.0 Å². The lowest BCUT2D eigenvalue weighted by molar-refractivity contribution is 0.0993. The number of primary amides is 1. The number of aromatic nitrogens is 3. The van der Waals surface area contributed by atoms with Crippen molar-refractivity contribution in [2.75, 3.05) is 5.73 Å². The summed E-state index contributed by atoms with van der Waals surface area (Å²) in [7, 11) is 0. The molecule has 0 radical (unpaired) electrons. The molecule has 0 aromatic carbocycles. The predicted molar refractivity (Wildman–Crippen MR) is 53.6 cm³/mol. The molecule has 7 heteroatoms. The molecule has 2 aromatic heterocycles. The van der Waals surface area contributed by atoms with Crippen LogP contribution in [0.2, 0.25) is 0 Å². The van der Waals surface area contributed by atoms with Crippen LogP contribution >= 0.6 is 15.9 Å². The highest BCUT2D eigenvalue weighted by atomic mass is 79.9. The van der Waals surface area contributed by atoms with Gasteiger partial charge in [0.25, 0.3) is 5.91 Å². The number of nitrogens with two attached hydrogens (primary N) is 2. The number of carbonyl (C=O) groups is 1. The molecule has 0 fully saturated rings. The second-order valence-corrected chi connectivity index (χ2v) is 3.50. The summed E-state index contributed by atoms with van der Waals surface area (Å²) in [6.45, 7) is 0. The zero-order chi connectivity index (χ0) is 10.3. The zero-order valence-corrected chi connectivity index (χ0v) is 8.52. The maximum atomic E-state index is 11.0. The molecular weight excluding hydrogens is 250 g/mol. The molecule has 0 saturated heterocycles. The standard InChI is InChI=1S/C7H6BrN5O/c8-3-1-4(7(10)14)13-5(3)6(9)11-2-12-13/h1-2H,(H2,10,14)(H2,9,11,12). The van der Waals surface area contributed by atoms with Crippen LogP contribution in [0.3, 0.4) is 0 Å². The predicted octanol–water partition coefficient (Wildman–Crippen LogP) is 0.173. The lowest BCUT2D eigenvalue weighted by Crippen LogP contribution is -2.15. The first kappa shape index (κ1) is 8.95. The van der Waals surface area contributed by atoms with Crippen LogP contribution in [0.5, 0.6) is 0 Å². The summed E-state index contributed by atoms with van der Waals surface area (Å²) < 4.78 is 2.00. The van der Waals surface area contributed by atoms with Crippen molar-refractivity contribution in [2.45, 2.75) is 0 Å². The van der Waals surface area contributed by atoms with Gasteiger partial charge in [-0.3, -0.25) is 4.79 Å². The lowest BCUT2D eigenvalue weighted by atomic mass is 10.4. The van der Waals surface area contributed by atoms with Gasteiger partial charge in [-0.2, -0.15) is 5.10 Å². The molecule has 0 bridgehead atoms. The van der Waals surface area contributed by atoms with E-state index in [1.807, 2.05) is 0 Å². The molecule has 1 amide bonds. The van der Waals surface area contributed by atoms with Crippen LogP contribution in [0.25, 0.3) is 5.52 Å². The molecule has 0 aliphatic heterocycles. The van der Waals surface area contributed by atoms with Crippen LogP contribution in [0.4, 0.5) is 5.82 Å². The maximum Gasteiger partial charge on any atom is 0.267 e. The number of rotatable bonds is 1. The fraction of sp³-hybridized carbons (Fsp3) is 0. The Morgan fingerprint density at radius 3 is 2.93 bits per heavy atom. The van der Waals surface area contributed by atoms with Crippen LogP contribution in [-0.2, 0) is 0 Å². The van der Waals surface area contributed by atoms with Crippen molar-refractivity contribution in [3.05, 3.63) is 22.6 Å². The van der Waals surface area contributed by atoms with E-state index in [1.54, 1.807) is 6.07 Å². The van der Waals surface area contributed by atoms with Gasteiger partial charge < -0.3 is 11.5 Å². The molecule has 14 heavy (non-hydrogen) atoms. The van der Waals surface area contributed by atoms with Crippen molar-refractivity contribution >= 4 is 33.2 Å². The number of fused-ring (bicyclic) bond motifs is 1. The van der Waals surface area contributed by atoms with Gasteiger partial charge in [-0.1, -0.05) is 0 Å². The number of nitrogens with zero attached hydrogens (tertiary/aromatic N) is 3. The quantitative estimate of drug-likeness (QED) is 0.759. The summed E-state index contributed by atoms with van der Waals surface area (Å²) in [5, 5.41) is 3.88. The molecule has 2 heterocycles. The summed E-state index contributed by atoms with van der Waals surface area (Å²) in [4.78, 5) is 14.8. The SMILES string of the molecule is NC(=O)c1cc(Br)c2c(N)ncnn12. The molecule has 0 aliphatic rings. The van der Waals surface area contributed by atoms with E-state index in [0.29, 0.717) is 15.8 Å². The third kappa shape index (κ3) is 1.13. The number of anilines is 1. The first-order chi connectivity index (χ1) is 6.61. The molecule has 0 atom stereocenters. The highest BCUT2D eigenvalue weighted by Gasteiger charge is 2.14. The molecule has 0 spiro atoms. The van der Waals surface area contributed by atoms with Gasteiger partial charge in [0.1, 0.15) is 17.5 Å². The molecule has 0 unspecified atom stereocenters. The van der Waals surface area contributed by atoms with E-state index in [4.69, 9.17) is 11.5 Å². The molecule has 6 nitrogen and oxygen atoms in total. The van der Waals surface area contributed by atoms with E-state index in [-0.39, 0.29) is 5.69 Å². The van der Waals surface area contributed by atoms with E-state index >= 15 is 0 Å². The van der Waals surface area contributed by atoms with Crippen molar-refractivity contribution in [3.8, 4) is 0 Å². The molecule has 72 valence electrons. The van der Waals surface area contributed by atoms with Crippen molar-refractivity contribution < 1.29 is 4.79 Å². The Hall–Kier alpha value is -1.63. The number of hydrogen-bond acceptors (Lipinski definition) is 4. The van der Waals surface area contributed by atoms with E-state index < -0.39 is 5.91 Å². The summed E-state index contributed by atoms with van der Waals surface area (Å²) in [5.74, 6) is -0.275. The van der Waals surface area contributed by atoms with E-state index in [9.17, 15) is 4.79 Å². The molecule has 0 saturated carbocycles. The van der Waals surface area contributed by atoms with Crippen molar-refractivity contribution in [3.63, 3.8) is 0 Å². The first-order valence-corrected chi connectivity index (χ1v) is 4.48. The minimum absolute atomic E-state index is 0.265. The van der Waals surface area contributed by atoms with Crippen LogP contribution < -0.4 is 11.5 Å². The Balaban J connectivity index is 2.91. The fourth-order valence-corrected chi connectivity index (χ4v) is 1.79. The normalized spacial score (nSPS) is 10.6. The fourth-order valence-electron chi connectivity index (χ4n) is 1.20. The average Bonchev–Trinajstić information content (AvgIpc) is 2.45.